The molecule has 0 rings (SSSR count). The van der Waals surface area contributed by atoms with Crippen molar-refractivity contribution < 1.29 is 82.4 Å². The van der Waals surface area contributed by atoms with Gasteiger partial charge in [0.25, 0.3) is 0 Å². The third-order valence-electron chi connectivity index (χ3n) is 3.79. The molecule has 0 aromatic heterocycles. The first kappa shape index (κ1) is 26.0. The van der Waals surface area contributed by atoms with Crippen molar-refractivity contribution in [2.24, 2.45) is 0 Å². The molecule has 0 saturated heterocycles. The Balaban J connectivity index is 5.04. The van der Waals surface area contributed by atoms with Crippen LogP contribution in [0.4, 0.5) is 0 Å². The van der Waals surface area contributed by atoms with Gasteiger partial charge in [0.1, 0.15) is 0 Å². The van der Waals surface area contributed by atoms with Gasteiger partial charge in [-0.15, -0.1) is 0 Å². The Bertz CT molecular complexity index is 390. The summed E-state index contributed by atoms with van der Waals surface area (Å²) in [6.45, 7) is -2.00. The third-order valence-corrected chi connectivity index (χ3v) is 6.68. The van der Waals surface area contributed by atoms with Crippen molar-refractivity contribution >= 4 is 0 Å². The molecule has 26 heavy (non-hydrogen) atoms. The molecule has 13 nitrogen and oxygen atoms in total. The summed E-state index contributed by atoms with van der Waals surface area (Å²) < 4.78 is 7.36. The molecule has 0 aromatic rings. The maximum atomic E-state index is 12.1. The molecule has 0 spiro atoms. The minimum atomic E-state index is -4.57. The van der Waals surface area contributed by atoms with Crippen molar-refractivity contribution in [1.82, 2.24) is 0 Å². The summed E-state index contributed by atoms with van der Waals surface area (Å²) in [6, 6.07) is 0. The number of aliphatic hydroxyl groups excluding tert-OH is 12. The topological polar surface area (TPSA) is 260 Å². The second-order valence-electron chi connectivity index (χ2n) is 5.74. The number of hydrogen-bond donors (Lipinski definition) is 12. The fourth-order valence-electron chi connectivity index (χ4n) is 1.96. The van der Waals surface area contributed by atoms with Crippen LogP contribution in [-0.4, -0.2) is 132 Å². The zero-order chi connectivity index (χ0) is 20.8. The Morgan fingerprint density at radius 1 is 0.500 bits per heavy atom. The van der Waals surface area contributed by atoms with Crippen LogP contribution < -0.4 is 0 Å². The molecule has 156 valence electrons. The molecule has 0 amide bonds. The van der Waals surface area contributed by atoms with Gasteiger partial charge in [-0.1, -0.05) is 0 Å². The summed E-state index contributed by atoms with van der Waals surface area (Å²) in [6.07, 6.45) is -17.3. The molecule has 2 unspecified atom stereocenters. The van der Waals surface area contributed by atoms with Crippen molar-refractivity contribution in [3.8, 4) is 0 Å². The van der Waals surface area contributed by atoms with E-state index in [4.69, 9.17) is 20.4 Å². The minimum absolute atomic E-state index is 1.000. The predicted octanol–water partition coefficient (Wildman–Crippen LogP) is -7.54. The van der Waals surface area contributed by atoms with Crippen LogP contribution in [0.5, 0.6) is 0 Å². The van der Waals surface area contributed by atoms with E-state index in [9.17, 15) is 44.2 Å². The molecule has 0 aliphatic heterocycles. The van der Waals surface area contributed by atoms with E-state index >= 15 is 0 Å². The van der Waals surface area contributed by atoms with Gasteiger partial charge in [0.15, 0.2) is 0 Å². The van der Waals surface area contributed by atoms with E-state index in [-0.39, 0.29) is 0 Å². The molecule has 12 N–H and O–H groups in total. The van der Waals surface area contributed by atoms with Crippen LogP contribution in [0.2, 0.25) is 0 Å². The molecule has 10 atom stereocenters. The number of hydrogen-bond acceptors (Lipinski definition) is 13. The molecule has 0 aliphatic carbocycles. The molecule has 0 heterocycles. The van der Waals surface area contributed by atoms with Gasteiger partial charge < -0.3 is 0 Å². The molecular formula is C12H26O13Ti. The fourth-order valence-corrected chi connectivity index (χ4v) is 4.17. The van der Waals surface area contributed by atoms with E-state index in [1.165, 1.54) is 0 Å². The third kappa shape index (κ3) is 6.58. The Labute approximate surface area is 153 Å². The normalized spacial score (nSPS) is 23.8. The SMILES string of the molecule is [O]=[Ti]([CH](O)[C@H](O)[C@@H](O)[C@H](O)[C@H](O)CO)[CH](O)[C@H](O)[C@@H](O)[C@H](O)[C@H](O)CO. The van der Waals surface area contributed by atoms with E-state index in [0.29, 0.717) is 0 Å². The number of rotatable bonds is 12. The van der Waals surface area contributed by atoms with Crippen LogP contribution in [0.15, 0.2) is 0 Å². The first-order valence-electron chi connectivity index (χ1n) is 7.48. The molecule has 0 aromatic carbocycles. The van der Waals surface area contributed by atoms with Gasteiger partial charge in [0, 0.05) is 0 Å². The molecule has 0 radical (unpaired) electrons. The average Bonchev–Trinajstić information content (AvgIpc) is 2.66. The molecule has 0 saturated carbocycles. The van der Waals surface area contributed by atoms with Gasteiger partial charge in [-0.05, 0) is 0 Å². The second kappa shape index (κ2) is 11.8. The zero-order valence-corrected chi connectivity index (χ0v) is 15.0. The Morgan fingerprint density at radius 3 is 1.00 bits per heavy atom. The van der Waals surface area contributed by atoms with Gasteiger partial charge >= 0.3 is 153 Å². The van der Waals surface area contributed by atoms with E-state index in [1.54, 1.807) is 0 Å². The summed E-state index contributed by atoms with van der Waals surface area (Å²) in [5.41, 5.74) is 0. The Morgan fingerprint density at radius 2 is 0.769 bits per heavy atom. The van der Waals surface area contributed by atoms with Crippen molar-refractivity contribution in [3.63, 3.8) is 0 Å². The van der Waals surface area contributed by atoms with Crippen LogP contribution in [0, 0.1) is 0 Å². The van der Waals surface area contributed by atoms with E-state index in [1.807, 2.05) is 0 Å². The summed E-state index contributed by atoms with van der Waals surface area (Å²) >= 11 is -4.57. The Kier molecular flexibility index (Phi) is 11.8. The summed E-state index contributed by atoms with van der Waals surface area (Å²) in [5, 5.41) is 113. The summed E-state index contributed by atoms with van der Waals surface area (Å²) in [5.74, 6) is 0. The molecule has 0 bridgehead atoms. The van der Waals surface area contributed by atoms with E-state index in [2.05, 4.69) is 0 Å². The van der Waals surface area contributed by atoms with Gasteiger partial charge in [-0.2, -0.15) is 0 Å². The monoisotopic (exact) mass is 426 g/mol. The van der Waals surface area contributed by atoms with Crippen LogP contribution in [0.1, 0.15) is 0 Å². The van der Waals surface area contributed by atoms with Crippen LogP contribution in [0.25, 0.3) is 0 Å². The van der Waals surface area contributed by atoms with Gasteiger partial charge in [0.2, 0.25) is 0 Å². The second-order valence-corrected chi connectivity index (χ2v) is 8.84. The molecule has 14 heteroatoms. The van der Waals surface area contributed by atoms with Gasteiger partial charge in [-0.25, -0.2) is 0 Å². The Hall–Kier alpha value is 0.0343. The standard InChI is InChI=1S/2C6H13O6.O.Ti/c2*7-1-3(9)5(11)6(12)4(10)2-8;;/h2*1,3-12H,2H2;;/t2*3-,4+,5+,6+;;/m00../s1. The molecule has 0 aliphatic rings. The van der Waals surface area contributed by atoms with Gasteiger partial charge in [0.05, 0.1) is 0 Å². The first-order chi connectivity index (χ1) is 11.9. The maximum absolute atomic E-state index is 12.1. The molecular weight excluding hydrogens is 400 g/mol. The summed E-state index contributed by atoms with van der Waals surface area (Å²) in [7, 11) is 0. The van der Waals surface area contributed by atoms with Crippen molar-refractivity contribution in [3.05, 3.63) is 0 Å². The fraction of sp³-hybridized carbons (Fsp3) is 1.00. The van der Waals surface area contributed by atoms with E-state index in [0.717, 1.165) is 0 Å². The predicted molar refractivity (Wildman–Crippen MR) is 74.9 cm³/mol. The van der Waals surface area contributed by atoms with Crippen LogP contribution >= 0.6 is 0 Å². The van der Waals surface area contributed by atoms with E-state index < -0.39 is 88.7 Å². The quantitative estimate of drug-likeness (QED) is 0.130. The van der Waals surface area contributed by atoms with Crippen molar-refractivity contribution in [2.75, 3.05) is 13.2 Å². The van der Waals surface area contributed by atoms with Crippen LogP contribution in [0.3, 0.4) is 0 Å². The zero-order valence-electron chi connectivity index (χ0n) is 13.5. The number of aliphatic hydroxyl groups is 12. The first-order valence-corrected chi connectivity index (χ1v) is 9.92. The van der Waals surface area contributed by atoms with Crippen molar-refractivity contribution in [2.45, 2.75) is 57.6 Å². The van der Waals surface area contributed by atoms with Crippen molar-refractivity contribution in [1.29, 1.82) is 0 Å². The summed E-state index contributed by atoms with van der Waals surface area (Å²) in [4.78, 5) is 0. The molecule has 0 fully saturated rings. The average molecular weight is 426 g/mol. The van der Waals surface area contributed by atoms with Crippen LogP contribution in [-0.2, 0) is 21.2 Å². The van der Waals surface area contributed by atoms with Gasteiger partial charge in [-0.3, -0.25) is 0 Å².